The summed E-state index contributed by atoms with van der Waals surface area (Å²) in [4.78, 5) is 26.6. The van der Waals surface area contributed by atoms with Crippen molar-refractivity contribution in [3.63, 3.8) is 0 Å². The molecule has 27 heavy (non-hydrogen) atoms. The molecule has 1 saturated carbocycles. The zero-order chi connectivity index (χ0) is 20.0. The van der Waals surface area contributed by atoms with Crippen LogP contribution in [0.15, 0.2) is 23.1 Å². The fourth-order valence-corrected chi connectivity index (χ4v) is 4.40. The largest absolute Gasteiger partial charge is 0.351 e. The molecule has 2 rings (SSSR count). The molecule has 0 saturated heterocycles. The second-order valence-corrected chi connectivity index (χ2v) is 8.76. The quantitative estimate of drug-likeness (QED) is 0.618. The van der Waals surface area contributed by atoms with Gasteiger partial charge in [0.05, 0.1) is 11.3 Å². The number of rotatable bonds is 7. The first-order valence-corrected chi connectivity index (χ1v) is 11.1. The van der Waals surface area contributed by atoms with Crippen LogP contribution in [0.2, 0.25) is 0 Å². The fourth-order valence-electron chi connectivity index (χ4n) is 3.96. The number of hydrogen-bond acceptors (Lipinski definition) is 4. The first-order valence-electron chi connectivity index (χ1n) is 9.84. The van der Waals surface area contributed by atoms with Crippen LogP contribution in [0.1, 0.15) is 50.4 Å². The van der Waals surface area contributed by atoms with Crippen molar-refractivity contribution in [3.05, 3.63) is 23.8 Å². The number of hydrogen-bond donors (Lipinski definition) is 3. The molecule has 1 fully saturated rings. The molecular weight excluding hydrogens is 358 g/mol. The van der Waals surface area contributed by atoms with Crippen LogP contribution >= 0.6 is 11.8 Å². The second kappa shape index (κ2) is 10.1. The molecule has 0 spiro atoms. The van der Waals surface area contributed by atoms with E-state index in [0.717, 1.165) is 17.7 Å². The van der Waals surface area contributed by atoms with Gasteiger partial charge in [0.25, 0.3) is 5.91 Å². The summed E-state index contributed by atoms with van der Waals surface area (Å²) in [6, 6.07) is 5.59. The zero-order valence-electron chi connectivity index (χ0n) is 16.9. The van der Waals surface area contributed by atoms with Crippen LogP contribution in [0, 0.1) is 23.7 Å². The predicted molar refractivity (Wildman–Crippen MR) is 113 cm³/mol. The highest BCUT2D eigenvalue weighted by Crippen LogP contribution is 2.38. The minimum atomic E-state index is -0.205. The summed E-state index contributed by atoms with van der Waals surface area (Å²) in [5, 5.41) is 5.86. The molecule has 1 aliphatic rings. The summed E-state index contributed by atoms with van der Waals surface area (Å²) in [5.74, 6) is 1.24. The molecule has 3 atom stereocenters. The Morgan fingerprint density at radius 1 is 1.30 bits per heavy atom. The Morgan fingerprint density at radius 3 is 2.67 bits per heavy atom. The van der Waals surface area contributed by atoms with Gasteiger partial charge in [-0.1, -0.05) is 27.2 Å². The van der Waals surface area contributed by atoms with E-state index >= 15 is 0 Å². The van der Waals surface area contributed by atoms with E-state index in [1.807, 2.05) is 24.5 Å². The van der Waals surface area contributed by atoms with Gasteiger partial charge in [-0.3, -0.25) is 9.59 Å². The number of carbonyl (C=O) groups is 2. The lowest BCUT2D eigenvalue weighted by Gasteiger charge is -2.36. The molecule has 0 aromatic heterocycles. The number of thioether (sulfide) groups is 1. The smallest absolute Gasteiger partial charge is 0.253 e. The number of carbonyl (C=O) groups excluding carboxylic acids is 2. The highest BCUT2D eigenvalue weighted by molar-refractivity contribution is 7.98. The molecule has 1 aliphatic carbocycles. The van der Waals surface area contributed by atoms with Crippen molar-refractivity contribution in [1.29, 1.82) is 0 Å². The molecule has 0 radical (unpaired) electrons. The number of amides is 2. The molecule has 0 heterocycles. The topological polar surface area (TPSA) is 84.2 Å². The summed E-state index contributed by atoms with van der Waals surface area (Å²) < 4.78 is 0. The Morgan fingerprint density at radius 2 is 2.04 bits per heavy atom. The Bertz CT molecular complexity index is 663. The fraction of sp³-hybridized carbons (Fsp3) is 0.619. The molecule has 0 unspecified atom stereocenters. The van der Waals surface area contributed by atoms with E-state index in [2.05, 4.69) is 31.4 Å². The van der Waals surface area contributed by atoms with Gasteiger partial charge in [-0.05, 0) is 55.1 Å². The van der Waals surface area contributed by atoms with Crippen LogP contribution in [0.25, 0.3) is 0 Å². The van der Waals surface area contributed by atoms with Crippen LogP contribution in [-0.2, 0) is 4.79 Å². The monoisotopic (exact) mass is 391 g/mol. The van der Waals surface area contributed by atoms with Crippen LogP contribution in [-0.4, -0.2) is 31.2 Å². The van der Waals surface area contributed by atoms with E-state index in [0.29, 0.717) is 42.1 Å². The van der Waals surface area contributed by atoms with Crippen LogP contribution in [0.3, 0.4) is 0 Å². The van der Waals surface area contributed by atoms with Gasteiger partial charge in [-0.2, -0.15) is 0 Å². The molecule has 1 aromatic rings. The lowest BCUT2D eigenvalue weighted by atomic mass is 9.70. The van der Waals surface area contributed by atoms with E-state index < -0.39 is 0 Å². The maximum absolute atomic E-state index is 13.1. The van der Waals surface area contributed by atoms with Crippen molar-refractivity contribution in [2.45, 2.75) is 44.9 Å². The van der Waals surface area contributed by atoms with Crippen molar-refractivity contribution in [2.24, 2.45) is 29.4 Å². The van der Waals surface area contributed by atoms with Gasteiger partial charge in [0.15, 0.2) is 0 Å². The summed E-state index contributed by atoms with van der Waals surface area (Å²) in [7, 11) is 0. The molecule has 5 nitrogen and oxygen atoms in total. The molecule has 1 aromatic carbocycles. The molecule has 2 amide bonds. The van der Waals surface area contributed by atoms with Crippen molar-refractivity contribution in [1.82, 2.24) is 5.32 Å². The molecule has 0 bridgehead atoms. The van der Waals surface area contributed by atoms with Crippen LogP contribution in [0.5, 0.6) is 0 Å². The van der Waals surface area contributed by atoms with E-state index in [1.165, 1.54) is 6.42 Å². The van der Waals surface area contributed by atoms with Crippen LogP contribution < -0.4 is 16.4 Å². The maximum atomic E-state index is 13.1. The van der Waals surface area contributed by atoms with E-state index in [9.17, 15) is 9.59 Å². The van der Waals surface area contributed by atoms with Crippen molar-refractivity contribution in [3.8, 4) is 0 Å². The third-order valence-corrected chi connectivity index (χ3v) is 6.24. The first-order chi connectivity index (χ1) is 12.9. The normalized spacial score (nSPS) is 22.5. The molecule has 150 valence electrons. The standard InChI is InChI=1S/C21H33N3O2S/c1-13(2)16-7-5-14(3)11-17(16)21(26)24-19-8-6-15(27-4)12-18(19)20(25)23-10-9-22/h6,8,12-14,16-17H,5,7,9-11,22H2,1-4H3,(H,23,25)(H,24,26)/t14-,16+,17-/m1/s1. The number of anilines is 1. The third-order valence-electron chi connectivity index (χ3n) is 5.52. The van der Waals surface area contributed by atoms with Gasteiger partial charge < -0.3 is 16.4 Å². The van der Waals surface area contributed by atoms with Crippen LogP contribution in [0.4, 0.5) is 5.69 Å². The van der Waals surface area contributed by atoms with Gasteiger partial charge in [0.1, 0.15) is 0 Å². The number of nitrogens with two attached hydrogens (primary N) is 1. The Hall–Kier alpha value is -1.53. The molecule has 6 heteroatoms. The van der Waals surface area contributed by atoms with Gasteiger partial charge in [0.2, 0.25) is 5.91 Å². The van der Waals surface area contributed by atoms with Crippen molar-refractivity contribution in [2.75, 3.05) is 24.7 Å². The summed E-state index contributed by atoms with van der Waals surface area (Å²) >= 11 is 1.57. The molecular formula is C21H33N3O2S. The van der Waals surface area contributed by atoms with E-state index in [-0.39, 0.29) is 17.7 Å². The lowest BCUT2D eigenvalue weighted by molar-refractivity contribution is -0.123. The van der Waals surface area contributed by atoms with E-state index in [4.69, 9.17) is 5.73 Å². The first kappa shape index (κ1) is 21.8. The van der Waals surface area contributed by atoms with Crippen molar-refractivity contribution >= 4 is 29.3 Å². The van der Waals surface area contributed by atoms with Gasteiger partial charge in [-0.25, -0.2) is 0 Å². The summed E-state index contributed by atoms with van der Waals surface area (Å²) in [5.41, 5.74) is 6.57. The van der Waals surface area contributed by atoms with Gasteiger partial charge in [-0.15, -0.1) is 11.8 Å². The summed E-state index contributed by atoms with van der Waals surface area (Å²) in [6.45, 7) is 7.40. The minimum Gasteiger partial charge on any atom is -0.351 e. The van der Waals surface area contributed by atoms with Gasteiger partial charge in [0, 0.05) is 23.9 Å². The van der Waals surface area contributed by atoms with E-state index in [1.54, 1.807) is 11.8 Å². The summed E-state index contributed by atoms with van der Waals surface area (Å²) in [6.07, 6.45) is 5.14. The lowest BCUT2D eigenvalue weighted by Crippen LogP contribution is -2.37. The number of benzene rings is 1. The Labute approximate surface area is 167 Å². The Kier molecular flexibility index (Phi) is 8.17. The third kappa shape index (κ3) is 5.72. The van der Waals surface area contributed by atoms with Crippen molar-refractivity contribution < 1.29 is 9.59 Å². The average Bonchev–Trinajstić information content (AvgIpc) is 2.65. The molecule has 0 aliphatic heterocycles. The minimum absolute atomic E-state index is 0.00562. The van der Waals surface area contributed by atoms with Gasteiger partial charge >= 0.3 is 0 Å². The average molecular weight is 392 g/mol. The second-order valence-electron chi connectivity index (χ2n) is 7.88. The highest BCUT2D eigenvalue weighted by Gasteiger charge is 2.35. The predicted octanol–water partition coefficient (Wildman–Crippen LogP) is 3.74. The Balaban J connectivity index is 2.23. The SMILES string of the molecule is CSc1ccc(NC(=O)[C@@H]2C[C@H](C)CC[C@H]2C(C)C)c(C(=O)NCCN)c1. The highest BCUT2D eigenvalue weighted by atomic mass is 32.2. The maximum Gasteiger partial charge on any atom is 0.253 e. The number of nitrogens with one attached hydrogen (secondary N) is 2. The zero-order valence-corrected chi connectivity index (χ0v) is 17.7. The molecule has 4 N–H and O–H groups in total.